The van der Waals surface area contributed by atoms with E-state index < -0.39 is 0 Å². The summed E-state index contributed by atoms with van der Waals surface area (Å²) in [5.74, 6) is 1.02. The lowest BCUT2D eigenvalue weighted by Crippen LogP contribution is -2.15. The number of hydrogen-bond donors (Lipinski definition) is 1. The molecule has 0 heterocycles. The monoisotopic (exact) mass is 404 g/mol. The summed E-state index contributed by atoms with van der Waals surface area (Å²) in [6, 6.07) is 5.23. The van der Waals surface area contributed by atoms with Gasteiger partial charge in [0, 0.05) is 35.7 Å². The van der Waals surface area contributed by atoms with Crippen molar-refractivity contribution in [2.75, 3.05) is 19.5 Å². The fourth-order valence-electron chi connectivity index (χ4n) is 2.32. The standard InChI is InChI=1S/C22H29ClN2O3/c1-7-9-10-24-21(23)16(4)15(3)11-17(8-2)22(26)25-18-12-19(27-5)14-20(13-18)28-6/h8-10,12-14H,7,11H2,1-6H3,(H,25,26)/b10-9-,16-15+,17-8+,24-21+. The van der Waals surface area contributed by atoms with E-state index in [0.29, 0.717) is 34.4 Å². The van der Waals surface area contributed by atoms with Crippen LogP contribution in [0.3, 0.4) is 0 Å². The van der Waals surface area contributed by atoms with Crippen LogP contribution in [0.2, 0.25) is 0 Å². The molecule has 1 amide bonds. The Hall–Kier alpha value is -2.53. The van der Waals surface area contributed by atoms with Crippen LogP contribution in [-0.4, -0.2) is 25.3 Å². The highest BCUT2D eigenvalue weighted by molar-refractivity contribution is 6.69. The smallest absolute Gasteiger partial charge is 0.251 e. The molecule has 5 nitrogen and oxygen atoms in total. The molecular weight excluding hydrogens is 376 g/mol. The zero-order chi connectivity index (χ0) is 21.1. The molecule has 0 aliphatic carbocycles. The number of carbonyl (C=O) groups excluding carboxylic acids is 1. The van der Waals surface area contributed by atoms with Crippen molar-refractivity contribution in [2.45, 2.75) is 40.5 Å². The molecule has 0 atom stereocenters. The van der Waals surface area contributed by atoms with E-state index in [1.807, 2.05) is 33.8 Å². The molecule has 0 aliphatic rings. The predicted molar refractivity (Wildman–Crippen MR) is 118 cm³/mol. The minimum atomic E-state index is -0.191. The summed E-state index contributed by atoms with van der Waals surface area (Å²) in [4.78, 5) is 16.9. The Kier molecular flexibility index (Phi) is 10.1. The van der Waals surface area contributed by atoms with E-state index in [-0.39, 0.29) is 5.91 Å². The summed E-state index contributed by atoms with van der Waals surface area (Å²) < 4.78 is 10.5. The number of halogens is 1. The maximum Gasteiger partial charge on any atom is 0.251 e. The Morgan fingerprint density at radius 2 is 1.79 bits per heavy atom. The number of aliphatic imine (C=N–C) groups is 1. The quantitative estimate of drug-likeness (QED) is 0.413. The van der Waals surface area contributed by atoms with E-state index in [4.69, 9.17) is 21.1 Å². The third-order valence-corrected chi connectivity index (χ3v) is 4.56. The molecule has 0 fully saturated rings. The van der Waals surface area contributed by atoms with Gasteiger partial charge in [-0.25, -0.2) is 4.99 Å². The molecule has 0 unspecified atom stereocenters. The number of nitrogens with one attached hydrogen (secondary N) is 1. The van der Waals surface area contributed by atoms with Gasteiger partial charge in [-0.05, 0) is 39.2 Å². The number of amides is 1. The van der Waals surface area contributed by atoms with Crippen molar-refractivity contribution in [3.05, 3.63) is 53.3 Å². The molecule has 28 heavy (non-hydrogen) atoms. The molecule has 0 saturated carbocycles. The van der Waals surface area contributed by atoms with Gasteiger partial charge in [-0.15, -0.1) is 0 Å². The highest BCUT2D eigenvalue weighted by atomic mass is 35.5. The van der Waals surface area contributed by atoms with Crippen LogP contribution in [0.25, 0.3) is 0 Å². The maximum absolute atomic E-state index is 12.7. The molecule has 0 aromatic heterocycles. The normalized spacial score (nSPS) is 13.4. The number of rotatable bonds is 9. The van der Waals surface area contributed by atoms with Gasteiger partial charge in [-0.3, -0.25) is 4.79 Å². The van der Waals surface area contributed by atoms with E-state index in [0.717, 1.165) is 17.6 Å². The van der Waals surface area contributed by atoms with Crippen LogP contribution in [-0.2, 0) is 4.79 Å². The summed E-state index contributed by atoms with van der Waals surface area (Å²) in [5.41, 5.74) is 3.07. The summed E-state index contributed by atoms with van der Waals surface area (Å²) in [6.07, 6.45) is 6.79. The molecule has 0 bridgehead atoms. The number of ether oxygens (including phenoxy) is 2. The van der Waals surface area contributed by atoms with Crippen LogP contribution < -0.4 is 14.8 Å². The summed E-state index contributed by atoms with van der Waals surface area (Å²) >= 11 is 6.26. The number of allylic oxidation sites excluding steroid dienone is 4. The average Bonchev–Trinajstić information content (AvgIpc) is 2.70. The number of hydrogen-bond acceptors (Lipinski definition) is 4. The first-order chi connectivity index (χ1) is 13.4. The number of nitrogens with zero attached hydrogens (tertiary/aromatic N) is 1. The number of benzene rings is 1. The van der Waals surface area contributed by atoms with Crippen molar-refractivity contribution in [3.8, 4) is 11.5 Å². The maximum atomic E-state index is 12.7. The van der Waals surface area contributed by atoms with Gasteiger partial charge in [0.15, 0.2) is 0 Å². The zero-order valence-electron chi connectivity index (χ0n) is 17.4. The second kappa shape index (κ2) is 12.0. The molecule has 0 saturated heterocycles. The van der Waals surface area contributed by atoms with Gasteiger partial charge in [0.05, 0.1) is 14.2 Å². The lowest BCUT2D eigenvalue weighted by molar-refractivity contribution is -0.112. The van der Waals surface area contributed by atoms with Crippen molar-refractivity contribution < 1.29 is 14.3 Å². The van der Waals surface area contributed by atoms with Crippen LogP contribution in [0.5, 0.6) is 11.5 Å². The van der Waals surface area contributed by atoms with E-state index in [1.54, 1.807) is 44.7 Å². The molecule has 0 spiro atoms. The van der Waals surface area contributed by atoms with E-state index in [2.05, 4.69) is 10.3 Å². The largest absolute Gasteiger partial charge is 0.497 e. The third-order valence-electron chi connectivity index (χ3n) is 4.18. The highest BCUT2D eigenvalue weighted by Gasteiger charge is 2.13. The summed E-state index contributed by atoms with van der Waals surface area (Å²) in [7, 11) is 3.13. The van der Waals surface area contributed by atoms with Gasteiger partial charge in [0.25, 0.3) is 5.91 Å². The molecule has 0 aliphatic heterocycles. The van der Waals surface area contributed by atoms with E-state index in [1.165, 1.54) is 0 Å². The van der Waals surface area contributed by atoms with Crippen LogP contribution in [0, 0.1) is 0 Å². The van der Waals surface area contributed by atoms with Crippen LogP contribution in [0.15, 0.2) is 58.3 Å². The second-order valence-electron chi connectivity index (χ2n) is 6.16. The lowest BCUT2D eigenvalue weighted by Gasteiger charge is -2.13. The Morgan fingerprint density at radius 1 is 1.18 bits per heavy atom. The molecule has 1 rings (SSSR count). The minimum Gasteiger partial charge on any atom is -0.497 e. The van der Waals surface area contributed by atoms with Crippen LogP contribution in [0.4, 0.5) is 5.69 Å². The molecule has 0 radical (unpaired) electrons. The first-order valence-electron chi connectivity index (χ1n) is 9.10. The Morgan fingerprint density at radius 3 is 2.29 bits per heavy atom. The van der Waals surface area contributed by atoms with Gasteiger partial charge < -0.3 is 14.8 Å². The molecule has 1 N–H and O–H groups in total. The average molecular weight is 405 g/mol. The first kappa shape index (κ1) is 23.5. The number of anilines is 1. The van der Waals surface area contributed by atoms with Crippen molar-refractivity contribution in [1.82, 2.24) is 0 Å². The van der Waals surface area contributed by atoms with Crippen molar-refractivity contribution >= 4 is 28.4 Å². The van der Waals surface area contributed by atoms with Gasteiger partial charge in [0.2, 0.25) is 0 Å². The molecule has 1 aromatic carbocycles. The number of methoxy groups -OCH3 is 2. The van der Waals surface area contributed by atoms with Gasteiger partial charge in [-0.2, -0.15) is 0 Å². The third kappa shape index (κ3) is 7.24. The fraction of sp³-hybridized carbons (Fsp3) is 0.364. The van der Waals surface area contributed by atoms with Crippen LogP contribution >= 0.6 is 11.6 Å². The van der Waals surface area contributed by atoms with Gasteiger partial charge >= 0.3 is 0 Å². The van der Waals surface area contributed by atoms with Crippen molar-refractivity contribution in [1.29, 1.82) is 0 Å². The Bertz CT molecular complexity index is 786. The fourth-order valence-corrected chi connectivity index (χ4v) is 2.54. The SMILES string of the molecule is C/C=C(\C/C(C)=C(C)/C(Cl)=N\C=C/CC)C(=O)Nc1cc(OC)cc(OC)c1. The highest BCUT2D eigenvalue weighted by Crippen LogP contribution is 2.26. The van der Waals surface area contributed by atoms with Crippen molar-refractivity contribution in [2.24, 2.45) is 4.99 Å². The number of carbonyl (C=O) groups is 1. The first-order valence-corrected chi connectivity index (χ1v) is 9.48. The second-order valence-corrected chi connectivity index (χ2v) is 6.52. The minimum absolute atomic E-state index is 0.191. The molecule has 6 heteroatoms. The Balaban J connectivity index is 2.96. The van der Waals surface area contributed by atoms with E-state index >= 15 is 0 Å². The summed E-state index contributed by atoms with van der Waals surface area (Å²) in [5, 5.41) is 3.32. The predicted octanol–water partition coefficient (Wildman–Crippen LogP) is 5.88. The van der Waals surface area contributed by atoms with Crippen LogP contribution in [0.1, 0.15) is 40.5 Å². The topological polar surface area (TPSA) is 59.9 Å². The molecule has 1 aromatic rings. The summed E-state index contributed by atoms with van der Waals surface area (Å²) in [6.45, 7) is 7.72. The van der Waals surface area contributed by atoms with E-state index in [9.17, 15) is 4.79 Å². The molecular formula is C22H29ClN2O3. The lowest BCUT2D eigenvalue weighted by atomic mass is 10.0. The van der Waals surface area contributed by atoms with Gasteiger partial charge in [0.1, 0.15) is 16.7 Å². The zero-order valence-corrected chi connectivity index (χ0v) is 18.2. The van der Waals surface area contributed by atoms with Gasteiger partial charge in [-0.1, -0.05) is 36.2 Å². The Labute approximate surface area is 172 Å². The van der Waals surface area contributed by atoms with Crippen molar-refractivity contribution in [3.63, 3.8) is 0 Å². The molecule has 152 valence electrons.